The van der Waals surface area contributed by atoms with Crippen LogP contribution in [0.1, 0.15) is 0 Å². The number of sulfone groups is 3. The lowest BCUT2D eigenvalue weighted by molar-refractivity contribution is -0.0724. The van der Waals surface area contributed by atoms with Gasteiger partial charge in [-0.1, -0.05) is 0 Å². The van der Waals surface area contributed by atoms with Crippen LogP contribution in [0.2, 0.25) is 0 Å². The molecule has 1 aromatic heterocycles. The molecular weight excluding hydrogens is 952 g/mol. The van der Waals surface area contributed by atoms with Crippen molar-refractivity contribution in [3.8, 4) is 0 Å². The quantitative estimate of drug-likeness (QED) is 0.201. The molecule has 3 aromatic carbocycles. The molecule has 0 spiro atoms. The van der Waals surface area contributed by atoms with Crippen molar-refractivity contribution < 1.29 is 135 Å². The van der Waals surface area contributed by atoms with Crippen LogP contribution in [0.5, 0.6) is 0 Å². The van der Waals surface area contributed by atoms with E-state index in [1.54, 1.807) is 0 Å². The second-order valence-corrected chi connectivity index (χ2v) is 16.2. The normalized spacial score (nSPS) is 16.5. The summed E-state index contributed by atoms with van der Waals surface area (Å²) in [5.41, 5.74) is -28.5. The average Bonchev–Trinajstić information content (AvgIpc) is 3.37. The van der Waals surface area contributed by atoms with Gasteiger partial charge in [0, 0.05) is 10.8 Å². The van der Waals surface area contributed by atoms with Gasteiger partial charge >= 0.3 is 35.1 Å². The number of alkyl halides is 18. The summed E-state index contributed by atoms with van der Waals surface area (Å²) in [6.07, 6.45) is -22.0. The summed E-state index contributed by atoms with van der Waals surface area (Å²) in [6.45, 7) is 0. The molecule has 0 saturated carbocycles. The Hall–Kier alpha value is -4.37. The van der Waals surface area contributed by atoms with Crippen LogP contribution < -0.4 is 15.7 Å². The second kappa shape index (κ2) is 12.8. The fourth-order valence-electron chi connectivity index (χ4n) is 5.09. The highest BCUT2D eigenvalue weighted by molar-refractivity contribution is 8.01. The maximum atomic E-state index is 16.0. The van der Waals surface area contributed by atoms with E-state index in [9.17, 15) is 104 Å². The molecular formula is C24F24O7S3. The summed E-state index contributed by atoms with van der Waals surface area (Å²) in [5.74, 6) is -23.2. The van der Waals surface area contributed by atoms with Gasteiger partial charge < -0.3 is 4.42 Å². The summed E-state index contributed by atoms with van der Waals surface area (Å²) >= 11 is 0. The Morgan fingerprint density at radius 3 is 0.707 bits per heavy atom. The van der Waals surface area contributed by atoms with Gasteiger partial charge in [0.15, 0.2) is 37.5 Å². The second-order valence-electron chi connectivity index (χ2n) is 10.6. The van der Waals surface area contributed by atoms with Crippen LogP contribution in [0.4, 0.5) is 105 Å². The number of hydrogen-bond acceptors (Lipinski definition) is 7. The first-order valence-corrected chi connectivity index (χ1v) is 17.4. The first-order chi connectivity index (χ1) is 25.4. The first kappa shape index (κ1) is 46.3. The zero-order chi connectivity index (χ0) is 45.6. The van der Waals surface area contributed by atoms with Gasteiger partial charge in [0.2, 0.25) is 0 Å². The van der Waals surface area contributed by atoms with Gasteiger partial charge in [-0.05, 0) is 0 Å². The van der Waals surface area contributed by atoms with E-state index in [2.05, 4.69) is 4.42 Å². The van der Waals surface area contributed by atoms with E-state index in [4.69, 9.17) is 0 Å². The van der Waals surface area contributed by atoms with E-state index < -0.39 is 163 Å². The molecule has 58 heavy (non-hydrogen) atoms. The minimum absolute atomic E-state index is 3.19. The molecule has 34 heteroatoms. The monoisotopic (exact) mass is 952 g/mol. The Kier molecular flexibility index (Phi) is 10.2. The van der Waals surface area contributed by atoms with Crippen molar-refractivity contribution >= 4 is 76.9 Å². The number of hydrogen-bond donors (Lipinski definition) is 0. The highest BCUT2D eigenvalue weighted by Gasteiger charge is 2.61. The van der Waals surface area contributed by atoms with Crippen molar-refractivity contribution in [3.05, 3.63) is 50.6 Å². The SMILES string of the molecule is O=S(=O)(/C(=c1\c(F)c2oc3c(F)/c(=C(\C(F)(F)F)S(=O)(=O)C(F)(F)F)c(F)c3c3c(F)/c(=C(\C(F)(F)F)S(=O)(=O)C(F)(F)F)c(F)c3c2c1F)C(F)(F)F)C(F)(F)F. The molecule has 0 bridgehead atoms. The van der Waals surface area contributed by atoms with E-state index in [1.807, 2.05) is 0 Å². The maximum Gasteiger partial charge on any atom is 0.501 e. The van der Waals surface area contributed by atoms with Gasteiger partial charge in [-0.3, -0.25) is 0 Å². The van der Waals surface area contributed by atoms with Gasteiger partial charge in [0.1, 0.15) is 23.3 Å². The Morgan fingerprint density at radius 1 is 0.328 bits per heavy atom. The summed E-state index contributed by atoms with van der Waals surface area (Å²) in [7, 11) is -25.0. The van der Waals surface area contributed by atoms with Crippen LogP contribution >= 0.6 is 0 Å². The van der Waals surface area contributed by atoms with Crippen LogP contribution in [0, 0.1) is 34.9 Å². The molecule has 1 heterocycles. The van der Waals surface area contributed by atoms with E-state index in [1.165, 1.54) is 0 Å². The third-order valence-electron chi connectivity index (χ3n) is 7.18. The first-order valence-electron chi connectivity index (χ1n) is 12.9. The number of halogens is 24. The van der Waals surface area contributed by atoms with Crippen molar-refractivity contribution in [2.24, 2.45) is 0 Å². The van der Waals surface area contributed by atoms with E-state index >= 15 is 26.3 Å². The lowest BCUT2D eigenvalue weighted by atomic mass is 10.1. The molecule has 0 radical (unpaired) electrons. The minimum Gasteiger partial charge on any atom is -0.450 e. The van der Waals surface area contributed by atoms with Crippen molar-refractivity contribution in [1.29, 1.82) is 0 Å². The van der Waals surface area contributed by atoms with Crippen LogP contribution in [0.15, 0.2) is 4.42 Å². The standard InChI is InChI=1S/C24F24O7S3/c25-8-1-2(9(26)5(8)16(19(31,32)33)56(49,50)22(40,41)42)4-11(28)7(18(21(37,38)39)58(53,54)24(46,47)48)13(30)15(4)55-14-3(1)10(27)6(12(14)29)17(20(34,35)36)57(51,52)23(43,44)45/b16-5-,17-6+,18-7-. The Bertz CT molecular complexity index is 2830. The van der Waals surface area contributed by atoms with E-state index in [-0.39, 0.29) is 0 Å². The molecule has 0 aliphatic rings. The number of rotatable bonds is 3. The van der Waals surface area contributed by atoms with Crippen LogP contribution in [0.3, 0.4) is 0 Å². The van der Waals surface area contributed by atoms with Gasteiger partial charge in [0.25, 0.3) is 29.5 Å². The Morgan fingerprint density at radius 2 is 0.517 bits per heavy atom. The largest absolute Gasteiger partial charge is 0.501 e. The third-order valence-corrected chi connectivity index (χ3v) is 11.9. The van der Waals surface area contributed by atoms with Crippen LogP contribution in [-0.2, 0) is 29.5 Å². The van der Waals surface area contributed by atoms with Crippen LogP contribution in [0.25, 0.3) is 47.4 Å². The Labute approximate surface area is 297 Å². The molecule has 0 amide bonds. The fraction of sp³-hybridized carbons (Fsp3) is 0.250. The highest BCUT2D eigenvalue weighted by Crippen LogP contribution is 2.46. The molecule has 0 saturated heterocycles. The van der Waals surface area contributed by atoms with Crippen molar-refractivity contribution in [1.82, 2.24) is 0 Å². The van der Waals surface area contributed by atoms with Crippen molar-refractivity contribution in [2.75, 3.05) is 0 Å². The molecule has 0 aliphatic heterocycles. The van der Waals surface area contributed by atoms with Gasteiger partial charge in [0.05, 0.1) is 26.4 Å². The molecule has 0 N–H and O–H groups in total. The minimum atomic E-state index is -8.39. The topological polar surface area (TPSA) is 116 Å². The van der Waals surface area contributed by atoms with Crippen molar-refractivity contribution in [3.63, 3.8) is 0 Å². The summed E-state index contributed by atoms with van der Waals surface area (Å²) in [6, 6.07) is 0. The predicted molar refractivity (Wildman–Crippen MR) is 139 cm³/mol. The Balaban J connectivity index is 2.83. The smallest absolute Gasteiger partial charge is 0.450 e. The third kappa shape index (κ3) is 6.51. The number of fused-ring (bicyclic) bond motifs is 5. The van der Waals surface area contributed by atoms with Gasteiger partial charge in [-0.2, -0.15) is 79.0 Å². The molecule has 7 nitrogen and oxygen atoms in total. The lowest BCUT2D eigenvalue weighted by Crippen LogP contribution is -2.36. The summed E-state index contributed by atoms with van der Waals surface area (Å²) in [5, 5.41) is -24.5. The van der Waals surface area contributed by atoms with Crippen molar-refractivity contribution in [2.45, 2.75) is 35.1 Å². The zero-order valence-corrected chi connectivity index (χ0v) is 27.6. The highest BCUT2D eigenvalue weighted by atomic mass is 32.2. The molecule has 4 rings (SSSR count). The molecule has 0 fully saturated rings. The van der Waals surface area contributed by atoms with E-state index in [0.29, 0.717) is 0 Å². The zero-order valence-electron chi connectivity index (χ0n) is 25.2. The lowest BCUT2D eigenvalue weighted by Gasteiger charge is -2.14. The van der Waals surface area contributed by atoms with E-state index in [0.717, 1.165) is 0 Å². The fourth-order valence-corrected chi connectivity index (χ4v) is 8.05. The van der Waals surface area contributed by atoms with Crippen LogP contribution in [-0.4, -0.2) is 60.3 Å². The molecule has 0 unspecified atom stereocenters. The molecule has 4 aromatic rings. The summed E-state index contributed by atoms with van der Waals surface area (Å²) in [4.78, 5) is -13.7. The maximum absolute atomic E-state index is 16.0. The molecule has 0 atom stereocenters. The average molecular weight is 952 g/mol. The van der Waals surface area contributed by atoms with Gasteiger partial charge in [-0.25, -0.2) is 51.6 Å². The summed E-state index contributed by atoms with van der Waals surface area (Å²) < 4.78 is 415. The molecule has 324 valence electrons. The predicted octanol–water partition coefficient (Wildman–Crippen LogP) is 7.11. The van der Waals surface area contributed by atoms with Gasteiger partial charge in [-0.15, -0.1) is 0 Å². The molecule has 0 aliphatic carbocycles.